The van der Waals surface area contributed by atoms with E-state index in [1.54, 1.807) is 7.05 Å². The van der Waals surface area contributed by atoms with Crippen molar-refractivity contribution in [3.05, 3.63) is 35.9 Å². The van der Waals surface area contributed by atoms with Gasteiger partial charge in [-0.3, -0.25) is 4.99 Å². The van der Waals surface area contributed by atoms with Crippen LogP contribution in [-0.2, 0) is 11.3 Å². The highest BCUT2D eigenvalue weighted by molar-refractivity contribution is 5.85. The summed E-state index contributed by atoms with van der Waals surface area (Å²) in [6, 6.07) is 10.4. The molecule has 0 radical (unpaired) electrons. The highest BCUT2D eigenvalue weighted by atomic mass is 16.5. The first-order chi connectivity index (χ1) is 13.2. The second-order valence-electron chi connectivity index (χ2n) is 6.72. The number of aromatic nitrogens is 1. The highest BCUT2D eigenvalue weighted by Gasteiger charge is 2.08. The summed E-state index contributed by atoms with van der Waals surface area (Å²) in [5.74, 6) is 1.76. The first-order valence-corrected chi connectivity index (χ1v) is 9.74. The third-order valence-electron chi connectivity index (χ3n) is 4.32. The zero-order chi connectivity index (χ0) is 19.5. The Bertz CT molecular complexity index is 730. The zero-order valence-electron chi connectivity index (χ0n) is 17.1. The van der Waals surface area contributed by atoms with Gasteiger partial charge in [0.05, 0.1) is 5.52 Å². The Morgan fingerprint density at radius 1 is 1.15 bits per heavy atom. The average molecular weight is 372 g/mol. The topological polar surface area (TPSA) is 61.8 Å². The lowest BCUT2D eigenvalue weighted by atomic mass is 10.1. The van der Waals surface area contributed by atoms with Crippen LogP contribution in [0.5, 0.6) is 0 Å². The minimum absolute atomic E-state index is 0.691. The molecule has 1 heterocycles. The van der Waals surface area contributed by atoms with E-state index in [2.05, 4.69) is 46.8 Å². The summed E-state index contributed by atoms with van der Waals surface area (Å²) in [6.07, 6.45) is 3.27. The fourth-order valence-electron chi connectivity index (χ4n) is 2.74. The van der Waals surface area contributed by atoms with Gasteiger partial charge in [-0.05, 0) is 30.5 Å². The minimum Gasteiger partial charge on any atom is -0.381 e. The number of para-hydroxylation sites is 1. The van der Waals surface area contributed by atoms with Crippen LogP contribution in [0.15, 0.2) is 35.3 Å². The van der Waals surface area contributed by atoms with Gasteiger partial charge in [-0.25, -0.2) is 4.98 Å². The molecule has 1 aromatic carbocycles. The number of guanidine groups is 1. The van der Waals surface area contributed by atoms with Crippen molar-refractivity contribution in [2.24, 2.45) is 4.99 Å². The van der Waals surface area contributed by atoms with E-state index in [0.717, 1.165) is 55.3 Å². The number of rotatable bonds is 10. The van der Waals surface area contributed by atoms with E-state index < -0.39 is 0 Å². The third kappa shape index (κ3) is 6.71. The van der Waals surface area contributed by atoms with E-state index in [0.29, 0.717) is 6.54 Å². The molecule has 0 atom stereocenters. The maximum absolute atomic E-state index is 5.59. The molecule has 0 saturated heterocycles. The number of nitrogens with one attached hydrogen (secondary N) is 2. The number of hydrogen-bond acceptors (Lipinski definition) is 4. The quantitative estimate of drug-likeness (QED) is 0.382. The number of anilines is 1. The van der Waals surface area contributed by atoms with Crippen molar-refractivity contribution in [3.8, 4) is 0 Å². The molecule has 0 aliphatic carbocycles. The third-order valence-corrected chi connectivity index (χ3v) is 4.32. The van der Waals surface area contributed by atoms with Gasteiger partial charge in [0.2, 0.25) is 0 Å². The van der Waals surface area contributed by atoms with Crippen molar-refractivity contribution in [1.29, 1.82) is 0 Å². The van der Waals surface area contributed by atoms with Gasteiger partial charge >= 0.3 is 0 Å². The molecule has 2 N–H and O–H groups in total. The molecule has 0 aliphatic heterocycles. The Labute approximate surface area is 163 Å². The standard InChI is InChI=1S/C21H33N5O/c1-5-6-13-27-14-9-12-23-21(22-2)24-16-17-15-20(26(3)4)25-19-11-8-7-10-18(17)19/h7-8,10-11,15H,5-6,9,12-14,16H2,1-4H3,(H2,22,23,24). The fraction of sp³-hybridized carbons (Fsp3) is 0.524. The van der Waals surface area contributed by atoms with E-state index in [9.17, 15) is 0 Å². The summed E-state index contributed by atoms with van der Waals surface area (Å²) >= 11 is 0. The Balaban J connectivity index is 1.90. The van der Waals surface area contributed by atoms with Gasteiger partial charge in [0.1, 0.15) is 5.82 Å². The van der Waals surface area contributed by atoms with Crippen LogP contribution in [0.1, 0.15) is 31.7 Å². The van der Waals surface area contributed by atoms with Gasteiger partial charge in [-0.2, -0.15) is 0 Å². The van der Waals surface area contributed by atoms with Crippen LogP contribution in [0, 0.1) is 0 Å². The monoisotopic (exact) mass is 371 g/mol. The molecule has 27 heavy (non-hydrogen) atoms. The number of benzene rings is 1. The lowest BCUT2D eigenvalue weighted by Gasteiger charge is -2.17. The normalized spacial score (nSPS) is 11.6. The number of aliphatic imine (C=N–C) groups is 1. The molecule has 0 amide bonds. The van der Waals surface area contributed by atoms with Crippen LogP contribution in [0.3, 0.4) is 0 Å². The van der Waals surface area contributed by atoms with Crippen LogP contribution < -0.4 is 15.5 Å². The highest BCUT2D eigenvalue weighted by Crippen LogP contribution is 2.21. The number of unbranched alkanes of at least 4 members (excludes halogenated alkanes) is 1. The fourth-order valence-corrected chi connectivity index (χ4v) is 2.74. The largest absolute Gasteiger partial charge is 0.381 e. The molecule has 6 nitrogen and oxygen atoms in total. The molecule has 148 valence electrons. The van der Waals surface area contributed by atoms with Crippen molar-refractivity contribution < 1.29 is 4.74 Å². The molecule has 2 rings (SSSR count). The smallest absolute Gasteiger partial charge is 0.191 e. The number of ether oxygens (including phenoxy) is 1. The van der Waals surface area contributed by atoms with E-state index in [-0.39, 0.29) is 0 Å². The van der Waals surface area contributed by atoms with Gasteiger partial charge in [-0.15, -0.1) is 0 Å². The Morgan fingerprint density at radius 2 is 1.93 bits per heavy atom. The maximum atomic E-state index is 5.59. The molecule has 0 bridgehead atoms. The molecule has 6 heteroatoms. The van der Waals surface area contributed by atoms with E-state index in [1.165, 1.54) is 12.0 Å². The van der Waals surface area contributed by atoms with Crippen LogP contribution in [0.25, 0.3) is 10.9 Å². The van der Waals surface area contributed by atoms with Gasteiger partial charge in [0.25, 0.3) is 0 Å². The second-order valence-corrected chi connectivity index (χ2v) is 6.72. The number of nitrogens with zero attached hydrogens (tertiary/aromatic N) is 3. The summed E-state index contributed by atoms with van der Waals surface area (Å²) in [5.41, 5.74) is 2.21. The second kappa shape index (κ2) is 11.4. The van der Waals surface area contributed by atoms with Crippen molar-refractivity contribution in [1.82, 2.24) is 15.6 Å². The number of fused-ring (bicyclic) bond motifs is 1. The summed E-state index contributed by atoms with van der Waals surface area (Å²) < 4.78 is 5.59. The van der Waals surface area contributed by atoms with Crippen LogP contribution in [-0.4, -0.2) is 51.8 Å². The van der Waals surface area contributed by atoms with Crippen LogP contribution in [0.2, 0.25) is 0 Å². The SMILES string of the molecule is CCCCOCCCNC(=NC)NCc1cc(N(C)C)nc2ccccc12. The van der Waals surface area contributed by atoms with E-state index in [1.807, 2.05) is 25.1 Å². The van der Waals surface area contributed by atoms with Gasteiger partial charge < -0.3 is 20.3 Å². The van der Waals surface area contributed by atoms with Crippen molar-refractivity contribution >= 4 is 22.7 Å². The maximum Gasteiger partial charge on any atom is 0.191 e. The summed E-state index contributed by atoms with van der Waals surface area (Å²) in [6.45, 7) is 5.34. The Kier molecular flexibility index (Phi) is 8.84. The first kappa shape index (κ1) is 21.0. The molecule has 0 aliphatic rings. The molecule has 0 fully saturated rings. The Morgan fingerprint density at radius 3 is 2.67 bits per heavy atom. The minimum atomic E-state index is 0.691. The average Bonchev–Trinajstić information content (AvgIpc) is 2.69. The van der Waals surface area contributed by atoms with Crippen LogP contribution >= 0.6 is 0 Å². The van der Waals surface area contributed by atoms with E-state index in [4.69, 9.17) is 9.72 Å². The molecule has 1 aromatic heterocycles. The molecular formula is C21H33N5O. The van der Waals surface area contributed by atoms with Crippen molar-refractivity contribution in [2.75, 3.05) is 45.8 Å². The first-order valence-electron chi connectivity index (χ1n) is 9.74. The van der Waals surface area contributed by atoms with Gasteiger partial charge in [-0.1, -0.05) is 31.5 Å². The van der Waals surface area contributed by atoms with Crippen LogP contribution in [0.4, 0.5) is 5.82 Å². The summed E-state index contributed by atoms with van der Waals surface area (Å²) in [5, 5.41) is 7.92. The van der Waals surface area contributed by atoms with Crippen molar-refractivity contribution in [3.63, 3.8) is 0 Å². The molecule has 2 aromatic rings. The summed E-state index contributed by atoms with van der Waals surface area (Å²) in [7, 11) is 5.82. The molecule has 0 spiro atoms. The van der Waals surface area contributed by atoms with Gasteiger partial charge in [0, 0.05) is 52.8 Å². The zero-order valence-corrected chi connectivity index (χ0v) is 17.1. The number of pyridine rings is 1. The lowest BCUT2D eigenvalue weighted by Crippen LogP contribution is -2.37. The number of hydrogen-bond donors (Lipinski definition) is 2. The molecular weight excluding hydrogens is 338 g/mol. The van der Waals surface area contributed by atoms with Crippen molar-refractivity contribution in [2.45, 2.75) is 32.7 Å². The Hall–Kier alpha value is -2.34. The molecule has 0 saturated carbocycles. The van der Waals surface area contributed by atoms with E-state index >= 15 is 0 Å². The molecule has 0 unspecified atom stereocenters. The predicted molar refractivity (Wildman–Crippen MR) is 115 cm³/mol. The lowest BCUT2D eigenvalue weighted by molar-refractivity contribution is 0.129. The van der Waals surface area contributed by atoms with Gasteiger partial charge in [0.15, 0.2) is 5.96 Å². The predicted octanol–water partition coefficient (Wildman–Crippen LogP) is 3.17. The summed E-state index contributed by atoms with van der Waals surface area (Å²) in [4.78, 5) is 11.1.